The van der Waals surface area contributed by atoms with Gasteiger partial charge in [-0.2, -0.15) is 0 Å². The van der Waals surface area contributed by atoms with E-state index < -0.39 is 5.54 Å². The number of carbonyl (C=O) groups is 2. The van der Waals surface area contributed by atoms with Crippen LogP contribution < -0.4 is 0 Å². The van der Waals surface area contributed by atoms with Crippen molar-refractivity contribution in [2.24, 2.45) is 11.8 Å². The average molecular weight is 237 g/mol. The van der Waals surface area contributed by atoms with Crippen molar-refractivity contribution in [1.29, 1.82) is 0 Å². The van der Waals surface area contributed by atoms with Gasteiger partial charge in [0.2, 0.25) is 11.8 Å². The molecule has 1 saturated heterocycles. The van der Waals surface area contributed by atoms with Crippen LogP contribution in [-0.4, -0.2) is 34.0 Å². The van der Waals surface area contributed by atoms with Crippen LogP contribution >= 0.6 is 0 Å². The van der Waals surface area contributed by atoms with Gasteiger partial charge in [-0.25, -0.2) is 0 Å². The quantitative estimate of drug-likeness (QED) is 0.590. The number of amides is 2. The van der Waals surface area contributed by atoms with Crippen molar-refractivity contribution in [3.8, 4) is 0 Å². The van der Waals surface area contributed by atoms with Gasteiger partial charge in [-0.15, -0.1) is 0 Å². The van der Waals surface area contributed by atoms with E-state index in [0.29, 0.717) is 19.3 Å². The Bertz CT molecular complexity index is 345. The molecule has 3 atom stereocenters. The van der Waals surface area contributed by atoms with Crippen molar-refractivity contribution < 1.29 is 14.7 Å². The van der Waals surface area contributed by atoms with E-state index >= 15 is 0 Å². The normalized spacial score (nSPS) is 31.6. The third-order valence-electron chi connectivity index (χ3n) is 4.15. The number of aliphatic hydroxyl groups is 1. The first kappa shape index (κ1) is 12.3. The van der Waals surface area contributed by atoms with E-state index in [1.54, 1.807) is 6.92 Å². The van der Waals surface area contributed by atoms with E-state index in [0.717, 1.165) is 0 Å². The molecule has 0 saturated carbocycles. The van der Waals surface area contributed by atoms with Gasteiger partial charge in [0.1, 0.15) is 0 Å². The summed E-state index contributed by atoms with van der Waals surface area (Å²) in [6.07, 6.45) is 5.82. The molecule has 0 aromatic heterocycles. The molecule has 2 rings (SSSR count). The number of rotatable bonds is 3. The highest BCUT2D eigenvalue weighted by Crippen LogP contribution is 2.39. The van der Waals surface area contributed by atoms with Crippen molar-refractivity contribution in [2.45, 2.75) is 38.6 Å². The minimum Gasteiger partial charge on any atom is -0.394 e. The summed E-state index contributed by atoms with van der Waals surface area (Å²) in [6.45, 7) is 3.48. The van der Waals surface area contributed by atoms with Gasteiger partial charge in [0.15, 0.2) is 0 Å². The molecule has 1 fully saturated rings. The molecule has 1 N–H and O–H groups in total. The lowest BCUT2D eigenvalue weighted by molar-refractivity contribution is -0.148. The third-order valence-corrected chi connectivity index (χ3v) is 4.15. The second-order valence-corrected chi connectivity index (χ2v) is 5.18. The molecule has 1 heterocycles. The highest BCUT2D eigenvalue weighted by molar-refractivity contribution is 6.06. The van der Waals surface area contributed by atoms with Crippen molar-refractivity contribution in [3.63, 3.8) is 0 Å². The SMILES string of the molecule is CCC(C)(CO)N1C(=O)C2CC=CCC2C1=O. The summed E-state index contributed by atoms with van der Waals surface area (Å²) in [5.41, 5.74) is -0.745. The standard InChI is InChI=1S/C13H19NO3/c1-3-13(2,8-15)14-11(16)9-6-4-5-7-10(9)12(14)17/h4-5,9-10,15H,3,6-8H2,1-2H3. The first-order chi connectivity index (χ1) is 8.05. The zero-order valence-corrected chi connectivity index (χ0v) is 10.3. The molecule has 2 amide bonds. The first-order valence-corrected chi connectivity index (χ1v) is 6.19. The Balaban J connectivity index is 2.32. The fraction of sp³-hybridized carbons (Fsp3) is 0.692. The van der Waals surface area contributed by atoms with E-state index in [1.165, 1.54) is 4.90 Å². The molecule has 17 heavy (non-hydrogen) atoms. The third kappa shape index (κ3) is 1.71. The van der Waals surface area contributed by atoms with Gasteiger partial charge < -0.3 is 5.11 Å². The fourth-order valence-corrected chi connectivity index (χ4v) is 2.67. The van der Waals surface area contributed by atoms with Crippen LogP contribution in [0.25, 0.3) is 0 Å². The number of allylic oxidation sites excluding steroid dienone is 2. The summed E-state index contributed by atoms with van der Waals surface area (Å²) in [5.74, 6) is -0.625. The average Bonchev–Trinajstić information content (AvgIpc) is 2.62. The molecule has 2 aliphatic rings. The molecule has 1 aliphatic carbocycles. The molecule has 1 aliphatic heterocycles. The van der Waals surface area contributed by atoms with E-state index in [9.17, 15) is 14.7 Å². The molecule has 0 radical (unpaired) electrons. The monoisotopic (exact) mass is 237 g/mol. The molecule has 0 bridgehead atoms. The lowest BCUT2D eigenvalue weighted by Crippen LogP contribution is -2.52. The summed E-state index contributed by atoms with van der Waals surface area (Å²) in [6, 6.07) is 0. The van der Waals surface area contributed by atoms with Crippen LogP contribution in [0.3, 0.4) is 0 Å². The number of nitrogens with zero attached hydrogens (tertiary/aromatic N) is 1. The summed E-state index contributed by atoms with van der Waals surface area (Å²) < 4.78 is 0. The molecule has 4 heteroatoms. The van der Waals surface area contributed by atoms with Crippen LogP contribution in [0.2, 0.25) is 0 Å². The van der Waals surface area contributed by atoms with Gasteiger partial charge in [0.25, 0.3) is 0 Å². The van der Waals surface area contributed by atoms with Crippen LogP contribution in [0, 0.1) is 11.8 Å². The number of imide groups is 1. The van der Waals surface area contributed by atoms with Crippen LogP contribution in [0.1, 0.15) is 33.1 Å². The topological polar surface area (TPSA) is 57.6 Å². The summed E-state index contributed by atoms with van der Waals surface area (Å²) in [4.78, 5) is 25.9. The van der Waals surface area contributed by atoms with E-state index in [1.807, 2.05) is 19.1 Å². The maximum absolute atomic E-state index is 12.3. The summed E-state index contributed by atoms with van der Waals surface area (Å²) >= 11 is 0. The minimum absolute atomic E-state index is 0.109. The van der Waals surface area contributed by atoms with Gasteiger partial charge in [0.05, 0.1) is 24.0 Å². The van der Waals surface area contributed by atoms with Gasteiger partial charge >= 0.3 is 0 Å². The zero-order chi connectivity index (χ0) is 12.6. The highest BCUT2D eigenvalue weighted by atomic mass is 16.3. The Hall–Kier alpha value is -1.16. The molecule has 94 valence electrons. The van der Waals surface area contributed by atoms with E-state index in [2.05, 4.69) is 0 Å². The number of carbonyl (C=O) groups excluding carboxylic acids is 2. The second-order valence-electron chi connectivity index (χ2n) is 5.18. The number of hydrogen-bond donors (Lipinski definition) is 1. The Morgan fingerprint density at radius 1 is 1.29 bits per heavy atom. The van der Waals surface area contributed by atoms with Crippen molar-refractivity contribution in [1.82, 2.24) is 4.90 Å². The summed E-state index contributed by atoms with van der Waals surface area (Å²) in [7, 11) is 0. The van der Waals surface area contributed by atoms with E-state index in [-0.39, 0.29) is 30.3 Å². The van der Waals surface area contributed by atoms with Crippen molar-refractivity contribution in [2.75, 3.05) is 6.61 Å². The zero-order valence-electron chi connectivity index (χ0n) is 10.3. The molecule has 0 aromatic carbocycles. The second kappa shape index (κ2) is 4.26. The lowest BCUT2D eigenvalue weighted by Gasteiger charge is -2.35. The Labute approximate surface area is 101 Å². The Morgan fingerprint density at radius 2 is 1.76 bits per heavy atom. The van der Waals surface area contributed by atoms with Crippen LogP contribution in [0.5, 0.6) is 0 Å². The molecule has 3 unspecified atom stereocenters. The van der Waals surface area contributed by atoms with Crippen molar-refractivity contribution >= 4 is 11.8 Å². The van der Waals surface area contributed by atoms with Gasteiger partial charge in [0, 0.05) is 0 Å². The minimum atomic E-state index is -0.745. The number of hydrogen-bond acceptors (Lipinski definition) is 3. The maximum atomic E-state index is 12.3. The van der Waals surface area contributed by atoms with Crippen LogP contribution in [-0.2, 0) is 9.59 Å². The maximum Gasteiger partial charge on any atom is 0.234 e. The van der Waals surface area contributed by atoms with Crippen LogP contribution in [0.15, 0.2) is 12.2 Å². The predicted molar refractivity (Wildman–Crippen MR) is 63.0 cm³/mol. The lowest BCUT2D eigenvalue weighted by atomic mass is 9.85. The molecular weight excluding hydrogens is 218 g/mol. The van der Waals surface area contributed by atoms with Gasteiger partial charge in [-0.1, -0.05) is 19.1 Å². The molecule has 4 nitrogen and oxygen atoms in total. The molecule has 0 spiro atoms. The number of fused-ring (bicyclic) bond motifs is 1. The number of likely N-dealkylation sites (tertiary alicyclic amines) is 1. The van der Waals surface area contributed by atoms with Gasteiger partial charge in [-0.3, -0.25) is 14.5 Å². The predicted octanol–water partition coefficient (Wildman–Crippen LogP) is 1.10. The molecular formula is C13H19NO3. The largest absolute Gasteiger partial charge is 0.394 e. The Morgan fingerprint density at radius 3 is 2.12 bits per heavy atom. The summed E-state index contributed by atoms with van der Waals surface area (Å²) in [5, 5.41) is 9.45. The van der Waals surface area contributed by atoms with Gasteiger partial charge in [-0.05, 0) is 26.2 Å². The highest BCUT2D eigenvalue weighted by Gasteiger charge is 2.52. The van der Waals surface area contributed by atoms with E-state index in [4.69, 9.17) is 0 Å². The van der Waals surface area contributed by atoms with Crippen molar-refractivity contribution in [3.05, 3.63) is 12.2 Å². The smallest absolute Gasteiger partial charge is 0.234 e. The molecule has 0 aromatic rings. The number of aliphatic hydroxyl groups excluding tert-OH is 1. The Kier molecular flexibility index (Phi) is 3.08. The fourth-order valence-electron chi connectivity index (χ4n) is 2.67. The first-order valence-electron chi connectivity index (χ1n) is 6.19. The van der Waals surface area contributed by atoms with Crippen LogP contribution in [0.4, 0.5) is 0 Å².